The van der Waals surface area contributed by atoms with E-state index >= 15 is 0 Å². The molecule has 0 amide bonds. The number of carbonyl (C=O) groups is 1. The van der Waals surface area contributed by atoms with Crippen LogP contribution in [0.15, 0.2) is 6.20 Å². The molecule has 2 aromatic rings. The van der Waals surface area contributed by atoms with Gasteiger partial charge in [0, 0.05) is 0 Å². The van der Waals surface area contributed by atoms with Gasteiger partial charge >= 0.3 is 5.97 Å². The number of aromatic nitrogens is 3. The number of halogens is 1. The van der Waals surface area contributed by atoms with Gasteiger partial charge in [-0.25, -0.2) is 4.79 Å². The van der Waals surface area contributed by atoms with E-state index in [1.807, 2.05) is 0 Å². The molecule has 0 fully saturated rings. The Morgan fingerprint density at radius 3 is 2.73 bits per heavy atom. The highest BCUT2D eigenvalue weighted by Crippen LogP contribution is 2.24. The van der Waals surface area contributed by atoms with Crippen LogP contribution >= 0.6 is 0 Å². The van der Waals surface area contributed by atoms with E-state index in [9.17, 15) is 9.18 Å². The summed E-state index contributed by atoms with van der Waals surface area (Å²) in [6, 6.07) is 0. The molecular weight excluding hydrogens is 209 g/mol. The summed E-state index contributed by atoms with van der Waals surface area (Å²) in [7, 11) is 0. The van der Waals surface area contributed by atoms with Crippen molar-refractivity contribution in [1.82, 2.24) is 14.6 Å². The van der Waals surface area contributed by atoms with E-state index < -0.39 is 23.5 Å². The summed E-state index contributed by atoms with van der Waals surface area (Å²) in [6.45, 7) is 0. The predicted octanol–water partition coefficient (Wildman–Crippen LogP) is -0.0222. The summed E-state index contributed by atoms with van der Waals surface area (Å²) < 4.78 is 13.5. The molecule has 2 rings (SSSR count). The first-order valence-corrected chi connectivity index (χ1v) is 3.71. The lowest BCUT2D eigenvalue weighted by Gasteiger charge is -2.00. The molecule has 7 nitrogen and oxygen atoms in total. The van der Waals surface area contributed by atoms with Crippen LogP contribution in [0.5, 0.6) is 11.8 Å². The van der Waals surface area contributed by atoms with Gasteiger partial charge in [0.25, 0.3) is 11.8 Å². The van der Waals surface area contributed by atoms with E-state index in [4.69, 9.17) is 15.3 Å². The van der Waals surface area contributed by atoms with Crippen LogP contribution in [0.25, 0.3) is 5.65 Å². The number of carboxylic acids is 1. The Kier molecular flexibility index (Phi) is 1.72. The van der Waals surface area contributed by atoms with Gasteiger partial charge in [-0.2, -0.15) is 19.0 Å². The summed E-state index contributed by atoms with van der Waals surface area (Å²) in [5, 5.41) is 30.2. The van der Waals surface area contributed by atoms with E-state index in [1.54, 1.807) is 0 Å². The van der Waals surface area contributed by atoms with Gasteiger partial charge in [0.1, 0.15) is 5.56 Å². The SMILES string of the molecule is O=C(O)c1cnn2c(O)c(F)c(O)nc12. The lowest BCUT2D eigenvalue weighted by atomic mass is 10.3. The molecule has 0 aromatic carbocycles. The number of aromatic carboxylic acids is 1. The standard InChI is InChI=1S/C7H4FN3O4/c8-3-5(12)10-4-2(7(14)15)1-9-11(4)6(3)13/h1,13H,(H,10,12)(H,14,15). The molecule has 0 unspecified atom stereocenters. The van der Waals surface area contributed by atoms with Crippen LogP contribution in [0, 0.1) is 5.82 Å². The summed E-state index contributed by atoms with van der Waals surface area (Å²) in [4.78, 5) is 13.9. The van der Waals surface area contributed by atoms with Crippen molar-refractivity contribution in [3.05, 3.63) is 17.6 Å². The topological polar surface area (TPSA) is 108 Å². The fourth-order valence-electron chi connectivity index (χ4n) is 1.10. The second-order valence-corrected chi connectivity index (χ2v) is 2.67. The highest BCUT2D eigenvalue weighted by atomic mass is 19.1. The molecule has 0 aliphatic rings. The summed E-state index contributed by atoms with van der Waals surface area (Å²) in [5.41, 5.74) is -0.681. The number of rotatable bonds is 1. The fourth-order valence-corrected chi connectivity index (χ4v) is 1.10. The van der Waals surface area contributed by atoms with E-state index in [0.29, 0.717) is 4.52 Å². The van der Waals surface area contributed by atoms with Crippen molar-refractivity contribution in [3.8, 4) is 11.8 Å². The Morgan fingerprint density at radius 2 is 2.13 bits per heavy atom. The molecule has 78 valence electrons. The number of nitrogens with zero attached hydrogens (tertiary/aromatic N) is 3. The molecular formula is C7H4FN3O4. The van der Waals surface area contributed by atoms with Crippen LogP contribution < -0.4 is 0 Å². The van der Waals surface area contributed by atoms with Crippen LogP contribution in [-0.4, -0.2) is 35.9 Å². The zero-order chi connectivity index (χ0) is 11.2. The first-order valence-electron chi connectivity index (χ1n) is 3.71. The van der Waals surface area contributed by atoms with Gasteiger partial charge in [0.2, 0.25) is 5.82 Å². The zero-order valence-corrected chi connectivity index (χ0v) is 7.05. The van der Waals surface area contributed by atoms with Crippen LogP contribution in [0.4, 0.5) is 4.39 Å². The molecule has 15 heavy (non-hydrogen) atoms. The third kappa shape index (κ3) is 1.15. The van der Waals surface area contributed by atoms with E-state index in [0.717, 1.165) is 6.20 Å². The number of fused-ring (bicyclic) bond motifs is 1. The first-order chi connectivity index (χ1) is 7.02. The maximum atomic E-state index is 12.9. The molecule has 0 saturated carbocycles. The van der Waals surface area contributed by atoms with E-state index in [1.165, 1.54) is 0 Å². The van der Waals surface area contributed by atoms with Gasteiger partial charge in [-0.15, -0.1) is 0 Å². The summed E-state index contributed by atoms with van der Waals surface area (Å²) >= 11 is 0. The van der Waals surface area contributed by atoms with E-state index in [2.05, 4.69) is 10.1 Å². The van der Waals surface area contributed by atoms with Gasteiger partial charge in [-0.05, 0) is 0 Å². The normalized spacial score (nSPS) is 10.7. The molecule has 0 bridgehead atoms. The molecule has 0 atom stereocenters. The van der Waals surface area contributed by atoms with Gasteiger partial charge in [-0.1, -0.05) is 0 Å². The second kappa shape index (κ2) is 2.80. The van der Waals surface area contributed by atoms with Crippen molar-refractivity contribution < 1.29 is 24.5 Å². The van der Waals surface area contributed by atoms with Crippen LogP contribution in [0.2, 0.25) is 0 Å². The van der Waals surface area contributed by atoms with Gasteiger partial charge < -0.3 is 15.3 Å². The first kappa shape index (κ1) is 9.19. The van der Waals surface area contributed by atoms with Gasteiger partial charge in [0.15, 0.2) is 5.65 Å². The average Bonchev–Trinajstić information content (AvgIpc) is 2.58. The minimum Gasteiger partial charge on any atom is -0.491 e. The summed E-state index contributed by atoms with van der Waals surface area (Å²) in [6.07, 6.45) is 0.892. The van der Waals surface area contributed by atoms with Crippen molar-refractivity contribution in [2.45, 2.75) is 0 Å². The Balaban J connectivity index is 2.89. The minimum atomic E-state index is -1.36. The highest BCUT2D eigenvalue weighted by Gasteiger charge is 2.20. The molecule has 2 aromatic heterocycles. The lowest BCUT2D eigenvalue weighted by Crippen LogP contribution is -1.99. The number of hydrogen-bond donors (Lipinski definition) is 3. The number of hydrogen-bond acceptors (Lipinski definition) is 5. The molecule has 8 heteroatoms. The Hall–Kier alpha value is -2.38. The molecule has 0 spiro atoms. The minimum absolute atomic E-state index is 0.334. The van der Waals surface area contributed by atoms with Gasteiger partial charge in [0.05, 0.1) is 6.20 Å². The smallest absolute Gasteiger partial charge is 0.341 e. The van der Waals surface area contributed by atoms with Crippen molar-refractivity contribution in [2.24, 2.45) is 0 Å². The quantitative estimate of drug-likeness (QED) is 0.614. The number of carboxylic acid groups (broad SMARTS) is 1. The molecule has 2 heterocycles. The molecule has 0 radical (unpaired) electrons. The molecule has 3 N–H and O–H groups in total. The third-order valence-electron chi connectivity index (χ3n) is 1.78. The molecule has 0 aliphatic heterocycles. The predicted molar refractivity (Wildman–Crippen MR) is 43.2 cm³/mol. The van der Waals surface area contributed by atoms with Crippen LogP contribution in [-0.2, 0) is 0 Å². The molecule has 0 aliphatic carbocycles. The zero-order valence-electron chi connectivity index (χ0n) is 7.05. The average molecular weight is 213 g/mol. The largest absolute Gasteiger partial charge is 0.491 e. The Labute approximate surface area is 81.0 Å². The lowest BCUT2D eigenvalue weighted by molar-refractivity contribution is 0.0699. The van der Waals surface area contributed by atoms with Crippen LogP contribution in [0.3, 0.4) is 0 Å². The number of aromatic hydroxyl groups is 2. The van der Waals surface area contributed by atoms with E-state index in [-0.39, 0.29) is 11.2 Å². The van der Waals surface area contributed by atoms with Gasteiger partial charge in [-0.3, -0.25) is 0 Å². The van der Waals surface area contributed by atoms with Crippen molar-refractivity contribution >= 4 is 11.6 Å². The van der Waals surface area contributed by atoms with Crippen molar-refractivity contribution in [2.75, 3.05) is 0 Å². The third-order valence-corrected chi connectivity index (χ3v) is 1.78. The summed E-state index contributed by atoms with van der Waals surface area (Å²) in [5.74, 6) is -4.78. The fraction of sp³-hybridized carbons (Fsp3) is 0. The second-order valence-electron chi connectivity index (χ2n) is 2.67. The van der Waals surface area contributed by atoms with Crippen molar-refractivity contribution in [3.63, 3.8) is 0 Å². The Bertz CT molecular complexity index is 565. The Morgan fingerprint density at radius 1 is 1.47 bits per heavy atom. The van der Waals surface area contributed by atoms with Crippen LogP contribution in [0.1, 0.15) is 10.4 Å². The molecule has 0 saturated heterocycles. The van der Waals surface area contributed by atoms with Crippen molar-refractivity contribution in [1.29, 1.82) is 0 Å². The monoisotopic (exact) mass is 213 g/mol. The maximum absolute atomic E-state index is 12.9. The maximum Gasteiger partial charge on any atom is 0.341 e. The highest BCUT2D eigenvalue weighted by molar-refractivity contribution is 5.94.